The molecule has 0 saturated carbocycles. The van der Waals surface area contributed by atoms with E-state index in [1.165, 1.54) is 38.5 Å². The highest BCUT2D eigenvalue weighted by molar-refractivity contribution is 7.71. The number of nitrogens with one attached hydrogen (secondary N) is 1. The summed E-state index contributed by atoms with van der Waals surface area (Å²) in [4.78, 5) is 0. The molecule has 0 aliphatic rings. The molecule has 4 heteroatoms. The lowest BCUT2D eigenvalue weighted by molar-refractivity contribution is 0.544. The van der Waals surface area contributed by atoms with E-state index in [2.05, 4.69) is 28.6 Å². The maximum atomic E-state index is 5.20. The second kappa shape index (κ2) is 7.60. The van der Waals surface area contributed by atoms with Crippen molar-refractivity contribution in [3.63, 3.8) is 0 Å². The quantitative estimate of drug-likeness (QED) is 0.554. The van der Waals surface area contributed by atoms with Crippen LogP contribution in [0.5, 0.6) is 0 Å². The van der Waals surface area contributed by atoms with Crippen LogP contribution in [0.25, 0.3) is 0 Å². The molecular weight excluding hydrogens is 218 g/mol. The van der Waals surface area contributed by atoms with Crippen LogP contribution in [0, 0.1) is 4.77 Å². The lowest BCUT2D eigenvalue weighted by Crippen LogP contribution is -2.03. The summed E-state index contributed by atoms with van der Waals surface area (Å²) in [6, 6.07) is 0. The van der Waals surface area contributed by atoms with Crippen LogP contribution in [0.3, 0.4) is 0 Å². The lowest BCUT2D eigenvalue weighted by Gasteiger charge is -2.05. The first-order valence-corrected chi connectivity index (χ1v) is 6.84. The molecule has 92 valence electrons. The molecule has 1 heterocycles. The fourth-order valence-electron chi connectivity index (χ4n) is 1.90. The van der Waals surface area contributed by atoms with Crippen LogP contribution in [0.15, 0.2) is 0 Å². The maximum Gasteiger partial charge on any atom is 0.195 e. The van der Waals surface area contributed by atoms with Crippen LogP contribution in [-0.2, 0) is 13.0 Å². The van der Waals surface area contributed by atoms with E-state index in [0.717, 1.165) is 23.6 Å². The fourth-order valence-corrected chi connectivity index (χ4v) is 2.14. The Morgan fingerprint density at radius 3 is 2.50 bits per heavy atom. The van der Waals surface area contributed by atoms with Crippen LogP contribution in [0.1, 0.15) is 58.2 Å². The Kier molecular flexibility index (Phi) is 6.38. The van der Waals surface area contributed by atoms with Crippen molar-refractivity contribution in [2.45, 2.75) is 65.3 Å². The molecule has 0 aliphatic carbocycles. The largest absolute Gasteiger partial charge is 0.304 e. The second-order valence-electron chi connectivity index (χ2n) is 4.22. The highest BCUT2D eigenvalue weighted by Gasteiger charge is 2.02. The minimum Gasteiger partial charge on any atom is -0.304 e. The number of aromatic nitrogens is 3. The number of aromatic amines is 1. The SMILES string of the molecule is CCCCCCCCn1c(CC)n[nH]c1=S. The molecule has 1 aromatic rings. The molecule has 0 unspecified atom stereocenters. The van der Waals surface area contributed by atoms with Gasteiger partial charge in [0.25, 0.3) is 0 Å². The van der Waals surface area contributed by atoms with Gasteiger partial charge in [-0.3, -0.25) is 5.10 Å². The Morgan fingerprint density at radius 2 is 1.81 bits per heavy atom. The first-order chi connectivity index (χ1) is 7.79. The van der Waals surface area contributed by atoms with Gasteiger partial charge >= 0.3 is 0 Å². The summed E-state index contributed by atoms with van der Waals surface area (Å²) in [5.74, 6) is 1.08. The van der Waals surface area contributed by atoms with Gasteiger partial charge in [0.05, 0.1) is 0 Å². The van der Waals surface area contributed by atoms with Gasteiger partial charge in [0.2, 0.25) is 0 Å². The molecule has 0 fully saturated rings. The van der Waals surface area contributed by atoms with Gasteiger partial charge in [-0.15, -0.1) is 0 Å². The molecule has 1 aromatic heterocycles. The van der Waals surface area contributed by atoms with Crippen molar-refractivity contribution in [1.29, 1.82) is 0 Å². The molecule has 0 amide bonds. The average molecular weight is 241 g/mol. The topological polar surface area (TPSA) is 33.6 Å². The van der Waals surface area contributed by atoms with E-state index in [0.29, 0.717) is 0 Å². The van der Waals surface area contributed by atoms with Gasteiger partial charge in [-0.1, -0.05) is 46.0 Å². The number of hydrogen-bond donors (Lipinski definition) is 1. The van der Waals surface area contributed by atoms with Gasteiger partial charge < -0.3 is 4.57 Å². The summed E-state index contributed by atoms with van der Waals surface area (Å²) in [5, 5.41) is 7.07. The smallest absolute Gasteiger partial charge is 0.195 e. The number of aryl methyl sites for hydroxylation is 1. The summed E-state index contributed by atoms with van der Waals surface area (Å²) in [6.07, 6.45) is 8.86. The molecular formula is C12H23N3S. The lowest BCUT2D eigenvalue weighted by atomic mass is 10.1. The van der Waals surface area contributed by atoms with Gasteiger partial charge in [-0.05, 0) is 18.6 Å². The van der Waals surface area contributed by atoms with Gasteiger partial charge in [-0.2, -0.15) is 5.10 Å². The third kappa shape index (κ3) is 4.08. The van der Waals surface area contributed by atoms with E-state index in [9.17, 15) is 0 Å². The molecule has 0 saturated heterocycles. The summed E-state index contributed by atoms with van der Waals surface area (Å²) in [5.41, 5.74) is 0. The molecule has 0 radical (unpaired) electrons. The highest BCUT2D eigenvalue weighted by Crippen LogP contribution is 2.07. The zero-order valence-electron chi connectivity index (χ0n) is 10.5. The van der Waals surface area contributed by atoms with E-state index in [1.54, 1.807) is 0 Å². The van der Waals surface area contributed by atoms with E-state index in [1.807, 2.05) is 0 Å². The van der Waals surface area contributed by atoms with Crippen molar-refractivity contribution < 1.29 is 0 Å². The third-order valence-corrected chi connectivity index (χ3v) is 3.20. The average Bonchev–Trinajstić information content (AvgIpc) is 2.65. The molecule has 1 N–H and O–H groups in total. The molecule has 0 spiro atoms. The Hall–Kier alpha value is -0.640. The standard InChI is InChI=1S/C12H23N3S/c1-3-5-6-7-8-9-10-15-11(4-2)13-14-12(15)16/h3-10H2,1-2H3,(H,14,16). The Morgan fingerprint density at radius 1 is 1.12 bits per heavy atom. The molecule has 3 nitrogen and oxygen atoms in total. The van der Waals surface area contributed by atoms with E-state index >= 15 is 0 Å². The van der Waals surface area contributed by atoms with Crippen molar-refractivity contribution in [1.82, 2.24) is 14.8 Å². The van der Waals surface area contributed by atoms with Crippen LogP contribution in [0.2, 0.25) is 0 Å². The molecule has 1 rings (SSSR count). The Bertz CT molecular complexity index is 340. The highest BCUT2D eigenvalue weighted by atomic mass is 32.1. The molecule has 0 bridgehead atoms. The first-order valence-electron chi connectivity index (χ1n) is 6.43. The predicted molar refractivity (Wildman–Crippen MR) is 70.2 cm³/mol. The summed E-state index contributed by atoms with van der Waals surface area (Å²) in [7, 11) is 0. The van der Waals surface area contributed by atoms with Crippen molar-refractivity contribution in [2.24, 2.45) is 0 Å². The number of unbranched alkanes of at least 4 members (excludes halogenated alkanes) is 5. The molecule has 0 aliphatic heterocycles. The number of rotatable bonds is 8. The van der Waals surface area contributed by atoms with E-state index in [-0.39, 0.29) is 0 Å². The van der Waals surface area contributed by atoms with Crippen LogP contribution < -0.4 is 0 Å². The van der Waals surface area contributed by atoms with Gasteiger partial charge in [0.15, 0.2) is 4.77 Å². The number of H-pyrrole nitrogens is 1. The van der Waals surface area contributed by atoms with E-state index < -0.39 is 0 Å². The normalized spacial score (nSPS) is 10.9. The van der Waals surface area contributed by atoms with Crippen LogP contribution in [0.4, 0.5) is 0 Å². The van der Waals surface area contributed by atoms with E-state index in [4.69, 9.17) is 12.2 Å². The second-order valence-corrected chi connectivity index (χ2v) is 4.60. The van der Waals surface area contributed by atoms with Gasteiger partial charge in [0, 0.05) is 13.0 Å². The maximum absolute atomic E-state index is 5.20. The fraction of sp³-hybridized carbons (Fsp3) is 0.833. The van der Waals surface area contributed by atoms with Crippen molar-refractivity contribution >= 4 is 12.2 Å². The minimum atomic E-state index is 0.769. The number of nitrogens with zero attached hydrogens (tertiary/aromatic N) is 2. The molecule has 0 aromatic carbocycles. The summed E-state index contributed by atoms with van der Waals surface area (Å²) < 4.78 is 2.90. The number of hydrogen-bond acceptors (Lipinski definition) is 2. The minimum absolute atomic E-state index is 0.769. The molecule has 16 heavy (non-hydrogen) atoms. The van der Waals surface area contributed by atoms with Crippen molar-refractivity contribution in [3.8, 4) is 0 Å². The zero-order valence-corrected chi connectivity index (χ0v) is 11.3. The van der Waals surface area contributed by atoms with Crippen LogP contribution >= 0.6 is 12.2 Å². The Balaban J connectivity index is 2.26. The predicted octanol–water partition coefficient (Wildman–Crippen LogP) is 3.86. The van der Waals surface area contributed by atoms with Crippen LogP contribution in [-0.4, -0.2) is 14.8 Å². The molecule has 0 atom stereocenters. The van der Waals surface area contributed by atoms with Gasteiger partial charge in [-0.25, -0.2) is 0 Å². The summed E-state index contributed by atoms with van der Waals surface area (Å²) >= 11 is 5.20. The zero-order chi connectivity index (χ0) is 11.8. The summed E-state index contributed by atoms with van der Waals surface area (Å²) in [6.45, 7) is 5.38. The third-order valence-electron chi connectivity index (χ3n) is 2.89. The first kappa shape index (κ1) is 13.4. The Labute approximate surface area is 103 Å². The van der Waals surface area contributed by atoms with Gasteiger partial charge in [0.1, 0.15) is 5.82 Å². The monoisotopic (exact) mass is 241 g/mol. The van der Waals surface area contributed by atoms with Crippen molar-refractivity contribution in [3.05, 3.63) is 10.6 Å². The van der Waals surface area contributed by atoms with Crippen molar-refractivity contribution in [2.75, 3.05) is 0 Å².